The summed E-state index contributed by atoms with van der Waals surface area (Å²) in [6, 6.07) is 9.38. The number of hydrogen-bond donors (Lipinski definition) is 1. The maximum Gasteiger partial charge on any atom is 0.410 e. The molecule has 3 rings (SSSR count). The topological polar surface area (TPSA) is 58.6 Å². The van der Waals surface area contributed by atoms with Crippen LogP contribution in [0.4, 0.5) is 4.79 Å². The van der Waals surface area contributed by atoms with Gasteiger partial charge in [-0.3, -0.25) is 4.79 Å². The number of hydrogen-bond acceptors (Lipinski definition) is 3. The van der Waals surface area contributed by atoms with Gasteiger partial charge in [-0.25, -0.2) is 4.79 Å². The largest absolute Gasteiger partial charge is 0.442 e. The van der Waals surface area contributed by atoms with Gasteiger partial charge in [0.1, 0.15) is 6.10 Å². The maximum atomic E-state index is 11.8. The normalized spacial score (nSPS) is 22.2. The fourth-order valence-electron chi connectivity index (χ4n) is 2.23. The minimum absolute atomic E-state index is 0.137. The highest BCUT2D eigenvalue weighted by molar-refractivity contribution is 5.94. The van der Waals surface area contributed by atoms with E-state index in [0.717, 1.165) is 12.8 Å². The predicted molar refractivity (Wildman–Crippen MR) is 68.8 cm³/mol. The molecule has 0 radical (unpaired) electrons. The number of ether oxygens (including phenoxy) is 1. The van der Waals surface area contributed by atoms with Crippen molar-refractivity contribution in [1.82, 2.24) is 10.2 Å². The molecule has 1 aliphatic carbocycles. The van der Waals surface area contributed by atoms with Gasteiger partial charge in [0.15, 0.2) is 0 Å². The van der Waals surface area contributed by atoms with Crippen molar-refractivity contribution in [2.75, 3.05) is 13.1 Å². The van der Waals surface area contributed by atoms with Gasteiger partial charge in [-0.15, -0.1) is 0 Å². The van der Waals surface area contributed by atoms with E-state index in [-0.39, 0.29) is 18.1 Å². The van der Waals surface area contributed by atoms with E-state index in [1.54, 1.807) is 17.0 Å². The number of amides is 2. The summed E-state index contributed by atoms with van der Waals surface area (Å²) in [4.78, 5) is 25.2. The molecule has 1 aromatic rings. The smallest absolute Gasteiger partial charge is 0.410 e. The summed E-state index contributed by atoms with van der Waals surface area (Å²) < 4.78 is 5.23. The third-order valence-corrected chi connectivity index (χ3v) is 3.42. The van der Waals surface area contributed by atoms with Crippen molar-refractivity contribution in [1.29, 1.82) is 0 Å². The number of rotatable bonds is 4. The Morgan fingerprint density at radius 2 is 2.05 bits per heavy atom. The summed E-state index contributed by atoms with van der Waals surface area (Å²) >= 11 is 0. The zero-order chi connectivity index (χ0) is 13.2. The summed E-state index contributed by atoms with van der Waals surface area (Å²) in [6.45, 7) is 0.946. The number of carbonyl (C=O) groups excluding carboxylic acids is 2. The predicted octanol–water partition coefficient (Wildman–Crippen LogP) is 1.40. The highest BCUT2D eigenvalue weighted by Gasteiger charge is 2.40. The lowest BCUT2D eigenvalue weighted by atomic mass is 10.2. The molecule has 100 valence electrons. The second-order valence-electron chi connectivity index (χ2n) is 4.97. The van der Waals surface area contributed by atoms with Gasteiger partial charge in [0.05, 0.1) is 13.1 Å². The molecule has 1 unspecified atom stereocenters. The fourth-order valence-corrected chi connectivity index (χ4v) is 2.23. The van der Waals surface area contributed by atoms with E-state index in [2.05, 4.69) is 5.32 Å². The monoisotopic (exact) mass is 260 g/mol. The molecular weight excluding hydrogens is 244 g/mol. The molecule has 19 heavy (non-hydrogen) atoms. The molecule has 2 fully saturated rings. The average Bonchev–Trinajstić information content (AvgIpc) is 3.21. The lowest BCUT2D eigenvalue weighted by Gasteiger charge is -2.11. The number of benzene rings is 1. The van der Waals surface area contributed by atoms with Gasteiger partial charge >= 0.3 is 6.09 Å². The van der Waals surface area contributed by atoms with Crippen molar-refractivity contribution >= 4 is 12.0 Å². The van der Waals surface area contributed by atoms with Crippen molar-refractivity contribution in [2.24, 2.45) is 0 Å². The summed E-state index contributed by atoms with van der Waals surface area (Å²) in [6.07, 6.45) is 1.65. The molecule has 1 atom stereocenters. The molecule has 1 heterocycles. The number of nitrogens with zero attached hydrogens (tertiary/aromatic N) is 1. The Hall–Kier alpha value is -2.04. The van der Waals surface area contributed by atoms with Gasteiger partial charge in [0.25, 0.3) is 5.91 Å². The van der Waals surface area contributed by atoms with E-state index >= 15 is 0 Å². The van der Waals surface area contributed by atoms with Crippen LogP contribution in [-0.4, -0.2) is 42.1 Å². The van der Waals surface area contributed by atoms with Gasteiger partial charge in [0, 0.05) is 11.6 Å². The van der Waals surface area contributed by atoms with Crippen molar-refractivity contribution in [3.8, 4) is 0 Å². The van der Waals surface area contributed by atoms with Gasteiger partial charge in [0.2, 0.25) is 0 Å². The second-order valence-corrected chi connectivity index (χ2v) is 4.97. The van der Waals surface area contributed by atoms with Crippen LogP contribution in [0.3, 0.4) is 0 Å². The van der Waals surface area contributed by atoms with Crippen LogP contribution in [0.5, 0.6) is 0 Å². The van der Waals surface area contributed by atoms with Gasteiger partial charge in [-0.2, -0.15) is 0 Å². The molecule has 1 saturated carbocycles. The maximum absolute atomic E-state index is 11.8. The van der Waals surface area contributed by atoms with Crippen molar-refractivity contribution in [3.63, 3.8) is 0 Å². The molecule has 1 N–H and O–H groups in total. The first-order valence-electron chi connectivity index (χ1n) is 6.54. The number of cyclic esters (lactones) is 1. The molecule has 0 aromatic heterocycles. The zero-order valence-electron chi connectivity index (χ0n) is 10.5. The SMILES string of the molecule is O=C(NCC1CN(C2CC2)C(=O)O1)c1ccccc1. The minimum Gasteiger partial charge on any atom is -0.442 e. The lowest BCUT2D eigenvalue weighted by molar-refractivity contribution is 0.0914. The molecule has 1 aromatic carbocycles. The van der Waals surface area contributed by atoms with Crippen LogP contribution >= 0.6 is 0 Å². The second kappa shape index (κ2) is 4.91. The van der Waals surface area contributed by atoms with Crippen LogP contribution in [0.15, 0.2) is 30.3 Å². The molecular formula is C14H16N2O3. The average molecular weight is 260 g/mol. The first-order valence-corrected chi connectivity index (χ1v) is 6.54. The quantitative estimate of drug-likeness (QED) is 0.890. The standard InChI is InChI=1S/C14H16N2O3/c17-13(10-4-2-1-3-5-10)15-8-12-9-16(11-6-7-11)14(18)19-12/h1-5,11-12H,6-9H2,(H,15,17). The molecule has 5 nitrogen and oxygen atoms in total. The summed E-state index contributed by atoms with van der Waals surface area (Å²) in [5, 5.41) is 2.80. The number of nitrogens with one attached hydrogen (secondary N) is 1. The third-order valence-electron chi connectivity index (χ3n) is 3.42. The van der Waals surface area contributed by atoms with Crippen LogP contribution < -0.4 is 5.32 Å². The van der Waals surface area contributed by atoms with Crippen molar-refractivity contribution in [3.05, 3.63) is 35.9 Å². The van der Waals surface area contributed by atoms with E-state index in [1.807, 2.05) is 18.2 Å². The van der Waals surface area contributed by atoms with Crippen LogP contribution in [-0.2, 0) is 4.74 Å². The van der Waals surface area contributed by atoms with E-state index in [1.165, 1.54) is 0 Å². The van der Waals surface area contributed by atoms with E-state index < -0.39 is 0 Å². The Labute approximate surface area is 111 Å². The van der Waals surface area contributed by atoms with E-state index in [4.69, 9.17) is 4.74 Å². The summed E-state index contributed by atoms with van der Waals surface area (Å²) in [7, 11) is 0. The minimum atomic E-state index is -0.249. The van der Waals surface area contributed by atoms with Crippen LogP contribution in [0.1, 0.15) is 23.2 Å². The fraction of sp³-hybridized carbons (Fsp3) is 0.429. The third kappa shape index (κ3) is 2.70. The molecule has 2 aliphatic rings. The highest BCUT2D eigenvalue weighted by atomic mass is 16.6. The Morgan fingerprint density at radius 3 is 2.74 bits per heavy atom. The van der Waals surface area contributed by atoms with E-state index in [9.17, 15) is 9.59 Å². The zero-order valence-corrected chi connectivity index (χ0v) is 10.5. The molecule has 0 bridgehead atoms. The summed E-state index contributed by atoms with van der Waals surface area (Å²) in [5.74, 6) is -0.137. The molecule has 5 heteroatoms. The summed E-state index contributed by atoms with van der Waals surface area (Å²) in [5.41, 5.74) is 0.617. The van der Waals surface area contributed by atoms with Gasteiger partial charge in [-0.1, -0.05) is 18.2 Å². The van der Waals surface area contributed by atoms with E-state index in [0.29, 0.717) is 24.7 Å². The molecule has 1 aliphatic heterocycles. The van der Waals surface area contributed by atoms with Gasteiger partial charge < -0.3 is 15.0 Å². The Morgan fingerprint density at radius 1 is 1.32 bits per heavy atom. The molecule has 2 amide bonds. The molecule has 0 spiro atoms. The first kappa shape index (κ1) is 12.0. The first-order chi connectivity index (χ1) is 9.24. The van der Waals surface area contributed by atoms with Crippen molar-refractivity contribution < 1.29 is 14.3 Å². The van der Waals surface area contributed by atoms with Crippen molar-refractivity contribution in [2.45, 2.75) is 25.0 Å². The highest BCUT2D eigenvalue weighted by Crippen LogP contribution is 2.30. The van der Waals surface area contributed by atoms with Crippen LogP contribution in [0.2, 0.25) is 0 Å². The Balaban J connectivity index is 1.50. The Bertz CT molecular complexity index is 485. The van der Waals surface area contributed by atoms with Crippen LogP contribution in [0, 0.1) is 0 Å². The molecule has 1 saturated heterocycles. The Kier molecular flexibility index (Phi) is 3.11. The lowest BCUT2D eigenvalue weighted by Crippen LogP contribution is -2.35. The number of carbonyl (C=O) groups is 2. The van der Waals surface area contributed by atoms with Gasteiger partial charge in [-0.05, 0) is 25.0 Å². The van der Waals surface area contributed by atoms with Crippen LogP contribution in [0.25, 0.3) is 0 Å².